The highest BCUT2D eigenvalue weighted by Gasteiger charge is 2.36. The molecule has 7 heteroatoms. The highest BCUT2D eigenvalue weighted by Crippen LogP contribution is 2.41. The number of ether oxygens (including phenoxy) is 1. The maximum atomic E-state index is 12.7. The Hall–Kier alpha value is -2.86. The van der Waals surface area contributed by atoms with Gasteiger partial charge in [0.1, 0.15) is 5.75 Å². The molecule has 1 amide bonds. The Labute approximate surface area is 181 Å². The summed E-state index contributed by atoms with van der Waals surface area (Å²) in [5.74, 6) is 0.644. The molecule has 0 radical (unpaired) electrons. The van der Waals surface area contributed by atoms with Crippen molar-refractivity contribution in [3.63, 3.8) is 0 Å². The summed E-state index contributed by atoms with van der Waals surface area (Å²) in [7, 11) is 1.67. The van der Waals surface area contributed by atoms with Crippen LogP contribution in [0.5, 0.6) is 5.75 Å². The van der Waals surface area contributed by atoms with Crippen LogP contribution >= 0.6 is 11.6 Å². The van der Waals surface area contributed by atoms with Gasteiger partial charge in [0, 0.05) is 17.0 Å². The number of hydrogen-bond acceptors (Lipinski definition) is 4. The molecule has 156 valence electrons. The summed E-state index contributed by atoms with van der Waals surface area (Å²) in [5, 5.41) is 11.9. The number of aromatic nitrogens is 3. The SMILES string of the molecule is COc1ccc(C2(CNC(=O)c3cn(Cc4ccc(Cl)cc4)nn3)CCCC2)cc1. The van der Waals surface area contributed by atoms with Crippen LogP contribution < -0.4 is 10.1 Å². The Morgan fingerprint density at radius 3 is 2.50 bits per heavy atom. The predicted octanol–water partition coefficient (Wildman–Crippen LogP) is 4.23. The van der Waals surface area contributed by atoms with Crippen molar-refractivity contribution < 1.29 is 9.53 Å². The summed E-state index contributed by atoms with van der Waals surface area (Å²) in [6.07, 6.45) is 6.13. The van der Waals surface area contributed by atoms with E-state index in [9.17, 15) is 4.79 Å². The van der Waals surface area contributed by atoms with Crippen molar-refractivity contribution in [2.24, 2.45) is 0 Å². The Morgan fingerprint density at radius 1 is 1.13 bits per heavy atom. The fraction of sp³-hybridized carbons (Fsp3) is 0.348. The van der Waals surface area contributed by atoms with E-state index < -0.39 is 0 Å². The number of carbonyl (C=O) groups excluding carboxylic acids is 1. The first kappa shape index (κ1) is 20.4. The summed E-state index contributed by atoms with van der Waals surface area (Å²) in [6, 6.07) is 15.7. The molecule has 1 saturated carbocycles. The van der Waals surface area contributed by atoms with Gasteiger partial charge in [-0.2, -0.15) is 0 Å². The molecule has 0 bridgehead atoms. The molecule has 1 N–H and O–H groups in total. The quantitative estimate of drug-likeness (QED) is 0.616. The number of rotatable bonds is 7. The Kier molecular flexibility index (Phi) is 6.04. The fourth-order valence-electron chi connectivity index (χ4n) is 4.16. The smallest absolute Gasteiger partial charge is 0.273 e. The van der Waals surface area contributed by atoms with Crippen molar-refractivity contribution in [3.8, 4) is 5.75 Å². The molecule has 0 spiro atoms. The Balaban J connectivity index is 1.41. The van der Waals surface area contributed by atoms with Gasteiger partial charge in [-0.05, 0) is 48.2 Å². The van der Waals surface area contributed by atoms with Crippen LogP contribution in [0.15, 0.2) is 54.7 Å². The maximum absolute atomic E-state index is 12.7. The zero-order valence-corrected chi connectivity index (χ0v) is 17.7. The molecule has 1 heterocycles. The van der Waals surface area contributed by atoms with Crippen LogP contribution in [0.25, 0.3) is 0 Å². The van der Waals surface area contributed by atoms with Gasteiger partial charge in [0.05, 0.1) is 19.9 Å². The van der Waals surface area contributed by atoms with Crippen LogP contribution in [0.2, 0.25) is 5.02 Å². The number of nitrogens with zero attached hydrogens (tertiary/aromatic N) is 3. The van der Waals surface area contributed by atoms with Crippen molar-refractivity contribution in [1.82, 2.24) is 20.3 Å². The van der Waals surface area contributed by atoms with Gasteiger partial charge in [-0.1, -0.05) is 53.9 Å². The zero-order valence-electron chi connectivity index (χ0n) is 17.0. The first-order valence-corrected chi connectivity index (χ1v) is 10.5. The average molecular weight is 425 g/mol. The highest BCUT2D eigenvalue weighted by atomic mass is 35.5. The summed E-state index contributed by atoms with van der Waals surface area (Å²) in [6.45, 7) is 1.12. The molecule has 0 unspecified atom stereocenters. The van der Waals surface area contributed by atoms with Gasteiger partial charge in [0.25, 0.3) is 5.91 Å². The van der Waals surface area contributed by atoms with Crippen molar-refractivity contribution in [2.45, 2.75) is 37.6 Å². The monoisotopic (exact) mass is 424 g/mol. The predicted molar refractivity (Wildman–Crippen MR) is 116 cm³/mol. The van der Waals surface area contributed by atoms with Crippen LogP contribution in [-0.2, 0) is 12.0 Å². The molecule has 1 fully saturated rings. The molecule has 3 aromatic rings. The normalized spacial score (nSPS) is 15.1. The molecular formula is C23H25ClN4O2. The van der Waals surface area contributed by atoms with E-state index in [1.54, 1.807) is 18.0 Å². The van der Waals surface area contributed by atoms with E-state index in [0.717, 1.165) is 24.2 Å². The molecule has 6 nitrogen and oxygen atoms in total. The van der Waals surface area contributed by atoms with Gasteiger partial charge in [-0.25, -0.2) is 4.68 Å². The number of amides is 1. The maximum Gasteiger partial charge on any atom is 0.273 e. The summed E-state index contributed by atoms with van der Waals surface area (Å²) in [5.41, 5.74) is 2.57. The van der Waals surface area contributed by atoms with E-state index in [-0.39, 0.29) is 11.3 Å². The summed E-state index contributed by atoms with van der Waals surface area (Å²) in [4.78, 5) is 12.7. The van der Waals surface area contributed by atoms with Crippen molar-refractivity contribution in [2.75, 3.05) is 13.7 Å². The standard InChI is InChI=1S/C23H25ClN4O2/c1-30-20-10-6-18(7-11-20)23(12-2-3-13-23)16-25-22(29)21-15-28(27-26-21)14-17-4-8-19(24)9-5-17/h4-11,15H,2-3,12-14,16H2,1H3,(H,25,29). The van der Waals surface area contributed by atoms with Crippen LogP contribution in [0, 0.1) is 0 Å². The second-order valence-electron chi connectivity index (χ2n) is 7.83. The molecule has 2 aromatic carbocycles. The molecule has 0 aliphatic heterocycles. The van der Waals surface area contributed by atoms with Crippen LogP contribution in [0.4, 0.5) is 0 Å². The molecule has 1 aliphatic carbocycles. The van der Waals surface area contributed by atoms with Gasteiger partial charge in [-0.15, -0.1) is 5.10 Å². The van der Waals surface area contributed by atoms with Gasteiger partial charge in [0.2, 0.25) is 0 Å². The van der Waals surface area contributed by atoms with Crippen molar-refractivity contribution >= 4 is 17.5 Å². The van der Waals surface area contributed by atoms with Crippen LogP contribution in [0.1, 0.15) is 47.3 Å². The van der Waals surface area contributed by atoms with Gasteiger partial charge in [-0.3, -0.25) is 4.79 Å². The van der Waals surface area contributed by atoms with Crippen LogP contribution in [0.3, 0.4) is 0 Å². The lowest BCUT2D eigenvalue weighted by Gasteiger charge is -2.30. The second-order valence-corrected chi connectivity index (χ2v) is 8.26. The van der Waals surface area contributed by atoms with Gasteiger partial charge >= 0.3 is 0 Å². The van der Waals surface area contributed by atoms with E-state index in [1.807, 2.05) is 36.4 Å². The topological polar surface area (TPSA) is 69.0 Å². The molecule has 0 atom stereocenters. The van der Waals surface area contributed by atoms with Gasteiger partial charge < -0.3 is 10.1 Å². The molecule has 4 rings (SSSR count). The molecule has 0 saturated heterocycles. The van der Waals surface area contributed by atoms with Crippen molar-refractivity contribution in [1.29, 1.82) is 0 Å². The van der Waals surface area contributed by atoms with E-state index in [4.69, 9.17) is 16.3 Å². The third-order valence-electron chi connectivity index (χ3n) is 5.88. The molecule has 30 heavy (non-hydrogen) atoms. The first-order chi connectivity index (χ1) is 14.6. The third-order valence-corrected chi connectivity index (χ3v) is 6.13. The van der Waals surface area contributed by atoms with E-state index in [2.05, 4.69) is 27.8 Å². The minimum Gasteiger partial charge on any atom is -0.497 e. The number of benzene rings is 2. The first-order valence-electron chi connectivity index (χ1n) is 10.2. The molecule has 1 aliphatic rings. The number of methoxy groups -OCH3 is 1. The van der Waals surface area contributed by atoms with Crippen molar-refractivity contribution in [3.05, 3.63) is 76.6 Å². The van der Waals surface area contributed by atoms with E-state index in [0.29, 0.717) is 23.8 Å². The Bertz CT molecular complexity index is 993. The number of hydrogen-bond donors (Lipinski definition) is 1. The molecular weight excluding hydrogens is 400 g/mol. The lowest BCUT2D eigenvalue weighted by Crippen LogP contribution is -2.39. The minimum absolute atomic E-state index is 0.0404. The van der Waals surface area contributed by atoms with Crippen LogP contribution in [-0.4, -0.2) is 34.6 Å². The lowest BCUT2D eigenvalue weighted by molar-refractivity contribution is 0.0938. The Morgan fingerprint density at radius 2 is 1.83 bits per heavy atom. The molecule has 1 aromatic heterocycles. The van der Waals surface area contributed by atoms with E-state index in [1.165, 1.54) is 18.4 Å². The second kappa shape index (κ2) is 8.88. The lowest BCUT2D eigenvalue weighted by atomic mass is 9.78. The third kappa shape index (κ3) is 4.49. The fourth-order valence-corrected chi connectivity index (χ4v) is 4.29. The number of carbonyl (C=O) groups is 1. The minimum atomic E-state index is -0.197. The average Bonchev–Trinajstić information content (AvgIpc) is 3.44. The summed E-state index contributed by atoms with van der Waals surface area (Å²) < 4.78 is 6.94. The highest BCUT2D eigenvalue weighted by molar-refractivity contribution is 6.30. The van der Waals surface area contributed by atoms with E-state index >= 15 is 0 Å². The number of nitrogens with one attached hydrogen (secondary N) is 1. The van der Waals surface area contributed by atoms with Gasteiger partial charge in [0.15, 0.2) is 5.69 Å². The zero-order chi connectivity index (χ0) is 21.0. The summed E-state index contributed by atoms with van der Waals surface area (Å²) >= 11 is 5.93. The largest absolute Gasteiger partial charge is 0.497 e. The number of halogens is 1.